The van der Waals surface area contributed by atoms with Crippen LogP contribution in [0.15, 0.2) is 12.2 Å². The molecule has 0 aromatic carbocycles. The quantitative estimate of drug-likeness (QED) is 0.0323. The fourth-order valence-electron chi connectivity index (χ4n) is 8.05. The van der Waals surface area contributed by atoms with E-state index >= 15 is 0 Å². The van der Waals surface area contributed by atoms with Crippen molar-refractivity contribution < 1.29 is 24.5 Å². The molecule has 6 nitrogen and oxygen atoms in total. The van der Waals surface area contributed by atoms with Crippen LogP contribution in [0.5, 0.6) is 0 Å². The number of amides is 1. The Labute approximate surface area is 361 Å². The predicted molar refractivity (Wildman–Crippen MR) is 250 cm³/mol. The maximum absolute atomic E-state index is 12.4. The van der Waals surface area contributed by atoms with E-state index in [-0.39, 0.29) is 18.5 Å². The van der Waals surface area contributed by atoms with Gasteiger partial charge in [0.25, 0.3) is 0 Å². The molecule has 0 aromatic heterocycles. The molecule has 0 radical (unpaired) electrons. The average Bonchev–Trinajstić information content (AvgIpc) is 3.22. The fraction of sp³-hybridized carbons (Fsp3) is 0.923. The van der Waals surface area contributed by atoms with Gasteiger partial charge in [-0.1, -0.05) is 251 Å². The zero-order chi connectivity index (χ0) is 42.3. The van der Waals surface area contributed by atoms with E-state index < -0.39 is 12.1 Å². The van der Waals surface area contributed by atoms with E-state index in [0.717, 1.165) is 57.8 Å². The Morgan fingerprint density at radius 3 is 1.17 bits per heavy atom. The molecule has 0 spiro atoms. The molecule has 2 unspecified atom stereocenters. The van der Waals surface area contributed by atoms with E-state index in [1.807, 2.05) is 6.08 Å². The first-order valence-electron chi connectivity index (χ1n) is 26.0. The van der Waals surface area contributed by atoms with Crippen LogP contribution in [0, 0.1) is 0 Å². The molecule has 6 heteroatoms. The Bertz CT molecular complexity index is 863. The lowest BCUT2D eigenvalue weighted by molar-refractivity contribution is -0.143. The minimum atomic E-state index is -0.858. The summed E-state index contributed by atoms with van der Waals surface area (Å²) in [6.45, 7) is 4.86. The molecule has 0 aliphatic carbocycles. The number of hydrogen-bond acceptors (Lipinski definition) is 5. The molecule has 0 aliphatic rings. The number of nitrogens with one attached hydrogen (secondary N) is 1. The number of unbranched alkanes of at least 4 members (excludes halogenated alkanes) is 37. The van der Waals surface area contributed by atoms with E-state index in [1.54, 1.807) is 6.08 Å². The van der Waals surface area contributed by atoms with E-state index in [1.165, 1.54) is 199 Å². The van der Waals surface area contributed by atoms with Gasteiger partial charge in [-0.05, 0) is 32.1 Å². The summed E-state index contributed by atoms with van der Waals surface area (Å²) in [4.78, 5) is 24.4. The van der Waals surface area contributed by atoms with Gasteiger partial charge in [-0.25, -0.2) is 0 Å². The van der Waals surface area contributed by atoms with Gasteiger partial charge in [0.05, 0.1) is 25.4 Å². The SMILES string of the molecule is CCCCCCCCCCCCCCCCCCCC/C=C/C(O)C(CO)NC(=O)CCCCCCCCCCCCOC(=O)CCCCCCCCCCCCC. The average molecular weight is 820 g/mol. The van der Waals surface area contributed by atoms with E-state index in [0.29, 0.717) is 19.4 Å². The maximum atomic E-state index is 12.4. The van der Waals surface area contributed by atoms with Crippen molar-refractivity contribution in [3.8, 4) is 0 Å². The van der Waals surface area contributed by atoms with Gasteiger partial charge in [-0.2, -0.15) is 0 Å². The molecule has 0 bridgehead atoms. The second-order valence-corrected chi connectivity index (χ2v) is 17.9. The molecule has 0 fully saturated rings. The van der Waals surface area contributed by atoms with Gasteiger partial charge in [-0.15, -0.1) is 0 Å². The zero-order valence-electron chi connectivity index (χ0n) is 39.0. The monoisotopic (exact) mass is 820 g/mol. The van der Waals surface area contributed by atoms with Crippen LogP contribution in [-0.2, 0) is 14.3 Å². The van der Waals surface area contributed by atoms with Crippen molar-refractivity contribution in [2.75, 3.05) is 13.2 Å². The Balaban J connectivity index is 3.52. The van der Waals surface area contributed by atoms with Crippen LogP contribution >= 0.6 is 0 Å². The van der Waals surface area contributed by atoms with Crippen molar-refractivity contribution in [2.45, 2.75) is 296 Å². The lowest BCUT2D eigenvalue weighted by Crippen LogP contribution is -2.45. The molecule has 0 saturated carbocycles. The molecular formula is C52H101NO5. The Morgan fingerprint density at radius 1 is 0.466 bits per heavy atom. The molecular weight excluding hydrogens is 719 g/mol. The van der Waals surface area contributed by atoms with Crippen LogP contribution in [0.3, 0.4) is 0 Å². The van der Waals surface area contributed by atoms with Gasteiger partial charge in [0.2, 0.25) is 5.91 Å². The number of ether oxygens (including phenoxy) is 1. The van der Waals surface area contributed by atoms with Crippen molar-refractivity contribution in [2.24, 2.45) is 0 Å². The number of esters is 1. The predicted octanol–water partition coefficient (Wildman–Crippen LogP) is 15.3. The molecule has 344 valence electrons. The molecule has 0 aliphatic heterocycles. The third-order valence-electron chi connectivity index (χ3n) is 12.1. The third kappa shape index (κ3) is 44.2. The Kier molecular flexibility index (Phi) is 47.1. The van der Waals surface area contributed by atoms with Crippen molar-refractivity contribution in [3.05, 3.63) is 12.2 Å². The number of carbonyl (C=O) groups excluding carboxylic acids is 2. The minimum Gasteiger partial charge on any atom is -0.466 e. The van der Waals surface area contributed by atoms with E-state index in [2.05, 4.69) is 19.2 Å². The minimum absolute atomic E-state index is 0.0207. The highest BCUT2D eigenvalue weighted by atomic mass is 16.5. The van der Waals surface area contributed by atoms with Gasteiger partial charge in [0.1, 0.15) is 0 Å². The fourth-order valence-corrected chi connectivity index (χ4v) is 8.05. The summed E-state index contributed by atoms with van der Waals surface area (Å²) in [6, 6.07) is -0.643. The number of aliphatic hydroxyl groups excluding tert-OH is 2. The number of carbonyl (C=O) groups is 2. The molecule has 1 amide bonds. The first-order chi connectivity index (χ1) is 28.5. The topological polar surface area (TPSA) is 95.9 Å². The number of hydrogen-bond donors (Lipinski definition) is 3. The van der Waals surface area contributed by atoms with E-state index in [9.17, 15) is 19.8 Å². The molecule has 0 aromatic rings. The highest BCUT2D eigenvalue weighted by Crippen LogP contribution is 2.16. The summed E-state index contributed by atoms with van der Waals surface area (Å²) in [5.74, 6) is -0.109. The van der Waals surface area contributed by atoms with Crippen molar-refractivity contribution in [1.82, 2.24) is 5.32 Å². The van der Waals surface area contributed by atoms with Crippen molar-refractivity contribution >= 4 is 11.9 Å². The van der Waals surface area contributed by atoms with Crippen molar-refractivity contribution in [1.29, 1.82) is 0 Å². The van der Waals surface area contributed by atoms with Crippen LogP contribution < -0.4 is 5.32 Å². The third-order valence-corrected chi connectivity index (χ3v) is 12.1. The summed E-state index contributed by atoms with van der Waals surface area (Å²) in [5, 5.41) is 23.1. The van der Waals surface area contributed by atoms with Gasteiger partial charge in [0, 0.05) is 12.8 Å². The summed E-state index contributed by atoms with van der Waals surface area (Å²) < 4.78 is 5.44. The van der Waals surface area contributed by atoms with Crippen molar-refractivity contribution in [3.63, 3.8) is 0 Å². The van der Waals surface area contributed by atoms with Gasteiger partial charge >= 0.3 is 5.97 Å². The van der Waals surface area contributed by atoms with Crippen LogP contribution in [0.4, 0.5) is 0 Å². The molecule has 2 atom stereocenters. The Hall–Kier alpha value is -1.40. The van der Waals surface area contributed by atoms with Gasteiger partial charge in [-0.3, -0.25) is 9.59 Å². The van der Waals surface area contributed by atoms with Crippen LogP contribution in [-0.4, -0.2) is 47.4 Å². The maximum Gasteiger partial charge on any atom is 0.305 e. The smallest absolute Gasteiger partial charge is 0.305 e. The summed E-state index contributed by atoms with van der Waals surface area (Å²) in [7, 11) is 0. The number of rotatable bonds is 48. The number of aliphatic hydroxyl groups is 2. The molecule has 58 heavy (non-hydrogen) atoms. The highest BCUT2D eigenvalue weighted by Gasteiger charge is 2.18. The van der Waals surface area contributed by atoms with Gasteiger partial charge < -0.3 is 20.3 Å². The number of allylic oxidation sites excluding steroid dienone is 1. The van der Waals surface area contributed by atoms with Crippen LogP contribution in [0.1, 0.15) is 284 Å². The molecule has 0 saturated heterocycles. The second kappa shape index (κ2) is 48.3. The normalized spacial score (nSPS) is 12.7. The van der Waals surface area contributed by atoms with Crippen LogP contribution in [0.2, 0.25) is 0 Å². The first-order valence-corrected chi connectivity index (χ1v) is 26.0. The second-order valence-electron chi connectivity index (χ2n) is 17.9. The molecule has 3 N–H and O–H groups in total. The molecule has 0 rings (SSSR count). The van der Waals surface area contributed by atoms with Crippen LogP contribution in [0.25, 0.3) is 0 Å². The lowest BCUT2D eigenvalue weighted by Gasteiger charge is -2.20. The first kappa shape index (κ1) is 56.6. The van der Waals surface area contributed by atoms with E-state index in [4.69, 9.17) is 4.74 Å². The Morgan fingerprint density at radius 2 is 0.793 bits per heavy atom. The highest BCUT2D eigenvalue weighted by molar-refractivity contribution is 5.76. The largest absolute Gasteiger partial charge is 0.466 e. The molecule has 0 heterocycles. The summed E-state index contributed by atoms with van der Waals surface area (Å²) in [6.07, 6.45) is 54.9. The summed E-state index contributed by atoms with van der Waals surface area (Å²) >= 11 is 0. The van der Waals surface area contributed by atoms with Gasteiger partial charge in [0.15, 0.2) is 0 Å². The lowest BCUT2D eigenvalue weighted by atomic mass is 10.0. The summed E-state index contributed by atoms with van der Waals surface area (Å²) in [5.41, 5.74) is 0. The zero-order valence-corrected chi connectivity index (χ0v) is 39.0. The standard InChI is InChI=1S/C52H101NO5/c1-3-5-7-9-11-13-15-16-17-18-19-20-21-22-23-25-28-32-36-40-44-50(55)49(48-54)53-51(56)45-41-37-33-29-26-27-31-35-39-43-47-58-52(57)46-42-38-34-30-24-14-12-10-8-6-4-2/h40,44,49-50,54-55H,3-39,41-43,45-48H2,1-2H3,(H,53,56)/b44-40+.